The second-order valence-electron chi connectivity index (χ2n) is 9.10. The summed E-state index contributed by atoms with van der Waals surface area (Å²) >= 11 is 13.3. The summed E-state index contributed by atoms with van der Waals surface area (Å²) in [4.78, 5) is 7.02. The number of fused-ring (bicyclic) bond motifs is 1. The number of alkyl halides is 3. The zero-order valence-corrected chi connectivity index (χ0v) is 21.0. The molecule has 184 valence electrons. The van der Waals surface area contributed by atoms with Crippen LogP contribution in [0.15, 0.2) is 24.3 Å². The minimum atomic E-state index is -4.41. The van der Waals surface area contributed by atoms with Crippen molar-refractivity contribution < 1.29 is 17.9 Å². The van der Waals surface area contributed by atoms with Crippen molar-refractivity contribution in [1.82, 2.24) is 14.5 Å². The fourth-order valence-electron chi connectivity index (χ4n) is 4.70. The Kier molecular flexibility index (Phi) is 7.48. The zero-order valence-electron chi connectivity index (χ0n) is 19.5. The molecule has 2 heterocycles. The maximum atomic E-state index is 13.3. The first-order chi connectivity index (χ1) is 16.1. The van der Waals surface area contributed by atoms with Crippen LogP contribution in [0, 0.1) is 12.8 Å². The van der Waals surface area contributed by atoms with Gasteiger partial charge < -0.3 is 9.30 Å². The van der Waals surface area contributed by atoms with Gasteiger partial charge in [0.2, 0.25) is 0 Å². The Labute approximate surface area is 207 Å². The molecule has 0 aliphatic carbocycles. The number of aromatic nitrogens is 2. The molecule has 0 unspecified atom stereocenters. The lowest BCUT2D eigenvalue weighted by atomic mass is 9.97. The monoisotopic (exact) mass is 513 g/mol. The van der Waals surface area contributed by atoms with Gasteiger partial charge in [-0.1, -0.05) is 29.3 Å². The first-order valence-corrected chi connectivity index (χ1v) is 12.0. The number of methoxy groups -OCH3 is 1. The third kappa shape index (κ3) is 5.23. The SMILES string of the molecule is COCC1CCN(Cc2ccc(Cl)c(Cc3nc4c(C)cc(C(F)(F)F)cc4n3C)c2Cl)CC1. The van der Waals surface area contributed by atoms with E-state index in [2.05, 4.69) is 9.88 Å². The normalized spacial score (nSPS) is 16.0. The standard InChI is InChI=1S/C25H28Cl2F3N3O/c1-15-10-18(25(28,29)30)11-21-24(15)31-22(32(21)2)12-19-20(26)5-4-17(23(19)27)13-33-8-6-16(7-9-33)14-34-3/h4-5,10-11,16H,6-9,12-14H2,1-3H3. The Morgan fingerprint density at radius 1 is 1.15 bits per heavy atom. The van der Waals surface area contributed by atoms with Crippen LogP contribution in [0.3, 0.4) is 0 Å². The van der Waals surface area contributed by atoms with Gasteiger partial charge in [-0.2, -0.15) is 13.2 Å². The van der Waals surface area contributed by atoms with E-state index in [-0.39, 0.29) is 0 Å². The first-order valence-electron chi connectivity index (χ1n) is 11.3. The molecule has 2 aromatic carbocycles. The van der Waals surface area contributed by atoms with Gasteiger partial charge in [0.15, 0.2) is 0 Å². The number of hydrogen-bond acceptors (Lipinski definition) is 3. The summed E-state index contributed by atoms with van der Waals surface area (Å²) in [5.41, 5.74) is 2.51. The van der Waals surface area contributed by atoms with Crippen molar-refractivity contribution in [3.8, 4) is 0 Å². The minimum absolute atomic E-state index is 0.327. The highest BCUT2D eigenvalue weighted by atomic mass is 35.5. The predicted molar refractivity (Wildman–Crippen MR) is 130 cm³/mol. The summed E-state index contributed by atoms with van der Waals surface area (Å²) in [6.07, 6.45) is -1.91. The van der Waals surface area contributed by atoms with Crippen molar-refractivity contribution >= 4 is 34.2 Å². The van der Waals surface area contributed by atoms with E-state index in [1.807, 2.05) is 12.1 Å². The minimum Gasteiger partial charge on any atom is -0.384 e. The quantitative estimate of drug-likeness (QED) is 0.369. The average Bonchev–Trinajstić information content (AvgIpc) is 3.10. The van der Waals surface area contributed by atoms with Gasteiger partial charge in [0.05, 0.1) is 21.6 Å². The van der Waals surface area contributed by atoms with Crippen LogP contribution < -0.4 is 0 Å². The maximum absolute atomic E-state index is 13.3. The molecule has 1 aromatic heterocycles. The van der Waals surface area contributed by atoms with Gasteiger partial charge in [0, 0.05) is 38.8 Å². The summed E-state index contributed by atoms with van der Waals surface area (Å²) in [7, 11) is 3.46. The van der Waals surface area contributed by atoms with Gasteiger partial charge in [-0.25, -0.2) is 4.98 Å². The molecule has 0 amide bonds. The predicted octanol–water partition coefficient (Wildman–Crippen LogP) is 6.66. The van der Waals surface area contributed by atoms with E-state index in [1.54, 1.807) is 25.6 Å². The Hall–Kier alpha value is -1.80. The third-order valence-corrected chi connectivity index (χ3v) is 7.53. The number of hydrogen-bond donors (Lipinski definition) is 0. The Balaban J connectivity index is 1.60. The Morgan fingerprint density at radius 3 is 2.50 bits per heavy atom. The largest absolute Gasteiger partial charge is 0.416 e. The summed E-state index contributed by atoms with van der Waals surface area (Å²) in [6, 6.07) is 6.07. The summed E-state index contributed by atoms with van der Waals surface area (Å²) in [5.74, 6) is 1.20. The third-order valence-electron chi connectivity index (χ3n) is 6.70. The number of ether oxygens (including phenoxy) is 1. The molecule has 34 heavy (non-hydrogen) atoms. The Morgan fingerprint density at radius 2 is 1.85 bits per heavy atom. The van der Waals surface area contributed by atoms with Crippen LogP contribution in [0.4, 0.5) is 13.2 Å². The lowest BCUT2D eigenvalue weighted by Gasteiger charge is -2.32. The molecule has 0 atom stereocenters. The molecule has 1 saturated heterocycles. The molecule has 0 bridgehead atoms. The van der Waals surface area contributed by atoms with Crippen molar-refractivity contribution in [1.29, 1.82) is 0 Å². The lowest BCUT2D eigenvalue weighted by Crippen LogP contribution is -2.34. The number of rotatable bonds is 6. The average molecular weight is 514 g/mol. The molecule has 1 fully saturated rings. The summed E-state index contributed by atoms with van der Waals surface area (Å²) < 4.78 is 46.9. The number of halogens is 5. The fourth-order valence-corrected chi connectivity index (χ4v) is 5.27. The van der Waals surface area contributed by atoms with Crippen LogP contribution >= 0.6 is 23.2 Å². The smallest absolute Gasteiger partial charge is 0.384 e. The van der Waals surface area contributed by atoms with E-state index in [0.29, 0.717) is 44.8 Å². The molecule has 1 aliphatic rings. The second-order valence-corrected chi connectivity index (χ2v) is 9.88. The Bertz CT molecular complexity index is 1180. The fraction of sp³-hybridized carbons (Fsp3) is 0.480. The van der Waals surface area contributed by atoms with Gasteiger partial charge >= 0.3 is 6.18 Å². The molecule has 0 N–H and O–H groups in total. The molecular formula is C25H28Cl2F3N3O. The molecule has 9 heteroatoms. The van der Waals surface area contributed by atoms with E-state index in [9.17, 15) is 13.2 Å². The number of likely N-dealkylation sites (tertiary alicyclic amines) is 1. The van der Waals surface area contributed by atoms with Gasteiger partial charge in [-0.15, -0.1) is 0 Å². The molecule has 0 saturated carbocycles. The van der Waals surface area contributed by atoms with E-state index in [0.717, 1.165) is 62.3 Å². The summed E-state index contributed by atoms with van der Waals surface area (Å²) in [6.45, 7) is 5.12. The molecule has 0 spiro atoms. The van der Waals surface area contributed by atoms with Crippen molar-refractivity contribution in [2.45, 2.75) is 38.9 Å². The van der Waals surface area contributed by atoms with Gasteiger partial charge in [0.25, 0.3) is 0 Å². The number of aryl methyl sites for hydroxylation is 2. The van der Waals surface area contributed by atoms with Crippen LogP contribution in [0.5, 0.6) is 0 Å². The molecule has 4 nitrogen and oxygen atoms in total. The molecular weight excluding hydrogens is 486 g/mol. The summed E-state index contributed by atoms with van der Waals surface area (Å²) in [5, 5.41) is 1.11. The number of imidazole rings is 1. The van der Waals surface area contributed by atoms with Gasteiger partial charge in [0.1, 0.15) is 5.82 Å². The number of benzene rings is 2. The van der Waals surface area contributed by atoms with Gasteiger partial charge in [-0.3, -0.25) is 4.90 Å². The second kappa shape index (κ2) is 10.1. The van der Waals surface area contributed by atoms with Crippen molar-refractivity contribution in [2.24, 2.45) is 13.0 Å². The molecule has 0 radical (unpaired) electrons. The molecule has 4 rings (SSSR count). The topological polar surface area (TPSA) is 30.3 Å². The van der Waals surface area contributed by atoms with Crippen LogP contribution in [0.2, 0.25) is 10.0 Å². The van der Waals surface area contributed by atoms with Gasteiger partial charge in [-0.05, 0) is 73.7 Å². The number of piperidine rings is 1. The van der Waals surface area contributed by atoms with Crippen LogP contribution in [-0.2, 0) is 30.9 Å². The van der Waals surface area contributed by atoms with Crippen molar-refractivity contribution in [2.75, 3.05) is 26.8 Å². The highest BCUT2D eigenvalue weighted by molar-refractivity contribution is 6.36. The van der Waals surface area contributed by atoms with Crippen molar-refractivity contribution in [3.63, 3.8) is 0 Å². The maximum Gasteiger partial charge on any atom is 0.416 e. The van der Waals surface area contributed by atoms with E-state index >= 15 is 0 Å². The van der Waals surface area contributed by atoms with Crippen molar-refractivity contribution in [3.05, 3.63) is 62.4 Å². The lowest BCUT2D eigenvalue weighted by molar-refractivity contribution is -0.137. The molecule has 3 aromatic rings. The first kappa shape index (κ1) is 25.3. The zero-order chi connectivity index (χ0) is 24.6. The van der Waals surface area contributed by atoms with Crippen LogP contribution in [-0.4, -0.2) is 41.3 Å². The highest BCUT2D eigenvalue weighted by Gasteiger charge is 2.32. The van der Waals surface area contributed by atoms with Crippen LogP contribution in [0.25, 0.3) is 11.0 Å². The van der Waals surface area contributed by atoms with E-state index < -0.39 is 11.7 Å². The molecule has 1 aliphatic heterocycles. The van der Waals surface area contributed by atoms with E-state index in [1.165, 1.54) is 0 Å². The van der Waals surface area contributed by atoms with E-state index in [4.69, 9.17) is 27.9 Å². The number of nitrogens with zero attached hydrogens (tertiary/aromatic N) is 3. The van der Waals surface area contributed by atoms with Crippen LogP contribution in [0.1, 0.15) is 40.9 Å². The highest BCUT2D eigenvalue weighted by Crippen LogP contribution is 2.35.